The zero-order valence-corrected chi connectivity index (χ0v) is 18.2. The second-order valence-electron chi connectivity index (χ2n) is 6.95. The number of aryl methyl sites for hydroxylation is 1. The molecule has 1 N–H and O–H groups in total. The van der Waals surface area contributed by atoms with Gasteiger partial charge in [-0.1, -0.05) is 62.1 Å². The van der Waals surface area contributed by atoms with Gasteiger partial charge in [-0.15, -0.1) is 20.4 Å². The first-order valence-corrected chi connectivity index (χ1v) is 11.1. The van der Waals surface area contributed by atoms with E-state index in [1.165, 1.54) is 23.1 Å². The zero-order valence-electron chi connectivity index (χ0n) is 16.6. The number of fused-ring (bicyclic) bond motifs is 3. The van der Waals surface area contributed by atoms with Crippen molar-refractivity contribution in [1.29, 1.82) is 0 Å². The summed E-state index contributed by atoms with van der Waals surface area (Å²) in [6.45, 7) is 6.05. The van der Waals surface area contributed by atoms with Gasteiger partial charge < -0.3 is 4.57 Å². The molecule has 0 bridgehead atoms. The normalized spacial score (nSPS) is 12.7. The van der Waals surface area contributed by atoms with Gasteiger partial charge in [0.15, 0.2) is 5.65 Å². The lowest BCUT2D eigenvalue weighted by Gasteiger charge is -2.11. The van der Waals surface area contributed by atoms with E-state index in [1.54, 1.807) is 0 Å². The zero-order chi connectivity index (χ0) is 20.5. The molecular formula is C19H21N7OS2. The molecule has 0 aliphatic heterocycles. The van der Waals surface area contributed by atoms with E-state index < -0.39 is 0 Å². The van der Waals surface area contributed by atoms with Gasteiger partial charge in [-0.2, -0.15) is 0 Å². The highest BCUT2D eigenvalue weighted by molar-refractivity contribution is 8.00. The van der Waals surface area contributed by atoms with Crippen LogP contribution in [0.5, 0.6) is 0 Å². The number of benzene rings is 1. The molecule has 0 radical (unpaired) electrons. The lowest BCUT2D eigenvalue weighted by molar-refractivity contribution is -0.115. The van der Waals surface area contributed by atoms with Crippen LogP contribution in [0.25, 0.3) is 22.1 Å². The van der Waals surface area contributed by atoms with Gasteiger partial charge in [0.25, 0.3) is 0 Å². The lowest BCUT2D eigenvalue weighted by Crippen LogP contribution is -2.24. The quantitative estimate of drug-likeness (QED) is 0.464. The topological polar surface area (TPSA) is 98.5 Å². The molecule has 29 heavy (non-hydrogen) atoms. The Kier molecular flexibility index (Phi) is 5.46. The number of thioether (sulfide) groups is 1. The van der Waals surface area contributed by atoms with Gasteiger partial charge in [-0.25, -0.2) is 4.98 Å². The third-order valence-electron chi connectivity index (χ3n) is 4.56. The fourth-order valence-electron chi connectivity index (χ4n) is 3.00. The predicted molar refractivity (Wildman–Crippen MR) is 116 cm³/mol. The van der Waals surface area contributed by atoms with E-state index in [2.05, 4.69) is 30.7 Å². The lowest BCUT2D eigenvalue weighted by atomic mass is 10.2. The van der Waals surface area contributed by atoms with E-state index >= 15 is 0 Å². The summed E-state index contributed by atoms with van der Waals surface area (Å²) in [4.78, 5) is 17.4. The second kappa shape index (κ2) is 8.03. The number of rotatable bonds is 6. The molecule has 3 aromatic heterocycles. The van der Waals surface area contributed by atoms with Crippen LogP contribution in [0, 0.1) is 0 Å². The molecule has 0 fully saturated rings. The van der Waals surface area contributed by atoms with Crippen LogP contribution in [-0.4, -0.2) is 41.1 Å². The molecule has 3 heterocycles. The van der Waals surface area contributed by atoms with Gasteiger partial charge in [0, 0.05) is 18.4 Å². The van der Waals surface area contributed by atoms with Crippen LogP contribution in [0.1, 0.15) is 38.1 Å². The van der Waals surface area contributed by atoms with Gasteiger partial charge in [0.2, 0.25) is 16.2 Å². The van der Waals surface area contributed by atoms with Gasteiger partial charge in [-0.05, 0) is 12.5 Å². The molecule has 4 rings (SSSR count). The molecule has 0 aliphatic carbocycles. The van der Waals surface area contributed by atoms with Crippen molar-refractivity contribution < 1.29 is 4.79 Å². The Labute approximate surface area is 176 Å². The van der Waals surface area contributed by atoms with E-state index in [0.717, 1.165) is 27.1 Å². The number of anilines is 1. The highest BCUT2D eigenvalue weighted by Crippen LogP contribution is 2.29. The van der Waals surface area contributed by atoms with Crippen molar-refractivity contribution in [1.82, 2.24) is 29.9 Å². The molecule has 10 heteroatoms. The van der Waals surface area contributed by atoms with Crippen LogP contribution >= 0.6 is 23.1 Å². The van der Waals surface area contributed by atoms with E-state index in [9.17, 15) is 4.79 Å². The fourth-order valence-corrected chi connectivity index (χ4v) is 4.56. The van der Waals surface area contributed by atoms with Crippen molar-refractivity contribution >= 4 is 56.2 Å². The minimum absolute atomic E-state index is 0.135. The third-order valence-corrected chi connectivity index (χ3v) is 6.92. The SMILES string of the molecule is CCC(Sc1nnc2c3ccccc3n(C)c2n1)C(=O)Nc1nnc(C(C)C)s1. The Balaban J connectivity index is 1.55. The summed E-state index contributed by atoms with van der Waals surface area (Å²) in [6.07, 6.45) is 0.628. The van der Waals surface area contributed by atoms with E-state index in [4.69, 9.17) is 0 Å². The average Bonchev–Trinajstić information content (AvgIpc) is 3.30. The highest BCUT2D eigenvalue weighted by atomic mass is 32.2. The van der Waals surface area contributed by atoms with Gasteiger partial charge in [0.1, 0.15) is 10.5 Å². The average molecular weight is 428 g/mol. The molecule has 0 saturated carbocycles. The van der Waals surface area contributed by atoms with Gasteiger partial charge >= 0.3 is 0 Å². The monoisotopic (exact) mass is 427 g/mol. The minimum Gasteiger partial charge on any atom is -0.327 e. The smallest absolute Gasteiger partial charge is 0.239 e. The number of aromatic nitrogens is 6. The summed E-state index contributed by atoms with van der Waals surface area (Å²) >= 11 is 2.71. The Bertz CT molecular complexity index is 1180. The van der Waals surface area contributed by atoms with Crippen molar-refractivity contribution in [2.75, 3.05) is 5.32 Å². The molecule has 1 aromatic carbocycles. The molecule has 0 aliphatic rings. The summed E-state index contributed by atoms with van der Waals surface area (Å²) in [7, 11) is 1.96. The molecule has 150 valence electrons. The van der Waals surface area contributed by atoms with Crippen LogP contribution in [-0.2, 0) is 11.8 Å². The fraction of sp³-hybridized carbons (Fsp3) is 0.368. The summed E-state index contributed by atoms with van der Waals surface area (Å²) in [5.74, 6) is 0.145. The first-order chi connectivity index (χ1) is 14.0. The van der Waals surface area contributed by atoms with E-state index in [1.807, 2.05) is 56.7 Å². The van der Waals surface area contributed by atoms with Crippen molar-refractivity contribution in [2.45, 2.75) is 43.5 Å². The van der Waals surface area contributed by atoms with Crippen LogP contribution < -0.4 is 5.32 Å². The standard InChI is InChI=1S/C19H21N7OS2/c1-5-13(16(27)21-19-25-23-17(29-19)10(2)3)28-18-20-15-14(22-24-18)11-8-6-7-9-12(11)26(15)4/h6-10,13H,5H2,1-4H3,(H,21,25,27). The maximum atomic E-state index is 12.7. The molecule has 4 aromatic rings. The third kappa shape index (κ3) is 3.82. The van der Waals surface area contributed by atoms with Crippen molar-refractivity contribution in [3.63, 3.8) is 0 Å². The molecule has 1 atom stereocenters. The van der Waals surface area contributed by atoms with E-state index in [-0.39, 0.29) is 17.1 Å². The van der Waals surface area contributed by atoms with Crippen LogP contribution in [0.4, 0.5) is 5.13 Å². The molecule has 1 unspecified atom stereocenters. The first kappa shape index (κ1) is 19.7. The summed E-state index contributed by atoms with van der Waals surface area (Å²) < 4.78 is 2.00. The van der Waals surface area contributed by atoms with E-state index in [0.29, 0.717) is 16.7 Å². The number of hydrogen-bond acceptors (Lipinski definition) is 8. The maximum absolute atomic E-state index is 12.7. The summed E-state index contributed by atoms with van der Waals surface area (Å²) in [5, 5.41) is 22.2. The maximum Gasteiger partial charge on any atom is 0.239 e. The molecule has 1 amide bonds. The Morgan fingerprint density at radius 2 is 2.00 bits per heavy atom. The van der Waals surface area contributed by atoms with Gasteiger partial charge in [-0.3, -0.25) is 10.1 Å². The van der Waals surface area contributed by atoms with Crippen LogP contribution in [0.2, 0.25) is 0 Å². The van der Waals surface area contributed by atoms with Crippen LogP contribution in [0.3, 0.4) is 0 Å². The number of hydrogen-bond donors (Lipinski definition) is 1. The first-order valence-electron chi connectivity index (χ1n) is 9.36. The molecular weight excluding hydrogens is 406 g/mol. The van der Waals surface area contributed by atoms with Gasteiger partial charge in [0.05, 0.1) is 10.8 Å². The Morgan fingerprint density at radius 1 is 1.21 bits per heavy atom. The number of carbonyl (C=O) groups is 1. The van der Waals surface area contributed by atoms with Crippen LogP contribution in [0.15, 0.2) is 29.4 Å². The second-order valence-corrected chi connectivity index (χ2v) is 9.13. The Hall–Kier alpha value is -2.59. The highest BCUT2D eigenvalue weighted by Gasteiger charge is 2.22. The number of amides is 1. The van der Waals surface area contributed by atoms with Crippen molar-refractivity contribution in [3.8, 4) is 0 Å². The van der Waals surface area contributed by atoms with Crippen molar-refractivity contribution in [2.24, 2.45) is 7.05 Å². The Morgan fingerprint density at radius 3 is 2.72 bits per heavy atom. The number of nitrogens with zero attached hydrogens (tertiary/aromatic N) is 6. The number of para-hydroxylation sites is 1. The minimum atomic E-state index is -0.352. The number of nitrogens with one attached hydrogen (secondary N) is 1. The predicted octanol–water partition coefficient (Wildman–Crippen LogP) is 4.00. The van der Waals surface area contributed by atoms with Crippen molar-refractivity contribution in [3.05, 3.63) is 29.3 Å². The largest absolute Gasteiger partial charge is 0.327 e. The molecule has 0 spiro atoms. The molecule has 8 nitrogen and oxygen atoms in total. The molecule has 0 saturated heterocycles. The summed E-state index contributed by atoms with van der Waals surface area (Å²) in [6, 6.07) is 8.00. The summed E-state index contributed by atoms with van der Waals surface area (Å²) in [5.41, 5.74) is 2.57. The number of carbonyl (C=O) groups excluding carboxylic acids is 1.